The zero-order chi connectivity index (χ0) is 22.1. The van der Waals surface area contributed by atoms with Crippen LogP contribution in [0.2, 0.25) is 5.02 Å². The lowest BCUT2D eigenvalue weighted by Crippen LogP contribution is -2.52. The molecule has 0 spiro atoms. The van der Waals surface area contributed by atoms with Crippen molar-refractivity contribution in [3.05, 3.63) is 58.1 Å². The van der Waals surface area contributed by atoms with E-state index < -0.39 is 18.0 Å². The molecule has 2 aliphatic heterocycles. The van der Waals surface area contributed by atoms with E-state index in [-0.39, 0.29) is 42.8 Å². The number of fused-ring (bicyclic) bond motifs is 1. The molecule has 0 aromatic heterocycles. The van der Waals surface area contributed by atoms with E-state index in [0.717, 1.165) is 11.1 Å². The molecule has 160 valence electrons. The fraction of sp³-hybridized carbons (Fsp3) is 0.238. The number of nitrogens with zero attached hydrogens (tertiary/aromatic N) is 1. The third-order valence-electron chi connectivity index (χ3n) is 5.25. The Balaban J connectivity index is 1.38. The summed E-state index contributed by atoms with van der Waals surface area (Å²) in [7, 11) is 0. The van der Waals surface area contributed by atoms with Crippen molar-refractivity contribution in [1.82, 2.24) is 15.5 Å². The van der Waals surface area contributed by atoms with Crippen LogP contribution >= 0.6 is 11.6 Å². The molecule has 5 amide bonds. The number of nitrogens with one attached hydrogen (secondary N) is 3. The summed E-state index contributed by atoms with van der Waals surface area (Å²) in [5.41, 5.74) is 2.25. The lowest BCUT2D eigenvalue weighted by molar-refractivity contribution is -0.136. The molecule has 1 unspecified atom stereocenters. The molecule has 2 aromatic rings. The van der Waals surface area contributed by atoms with E-state index in [9.17, 15) is 24.3 Å². The second-order valence-electron chi connectivity index (χ2n) is 7.36. The van der Waals surface area contributed by atoms with Gasteiger partial charge in [-0.15, -0.1) is 0 Å². The minimum Gasteiger partial charge on any atom is -0.506 e. The van der Waals surface area contributed by atoms with Crippen LogP contribution in [0.4, 0.5) is 10.5 Å². The molecule has 4 rings (SSSR count). The Bertz CT molecular complexity index is 1100. The molecule has 1 saturated heterocycles. The number of aromatic hydroxyl groups is 1. The number of carbonyl (C=O) groups excluding carboxylic acids is 4. The van der Waals surface area contributed by atoms with Crippen LogP contribution in [0.25, 0.3) is 0 Å². The molecule has 1 fully saturated rings. The zero-order valence-corrected chi connectivity index (χ0v) is 17.0. The number of benzene rings is 2. The maximum atomic E-state index is 12.7. The highest BCUT2D eigenvalue weighted by Crippen LogP contribution is 2.29. The van der Waals surface area contributed by atoms with Crippen LogP contribution in [0.5, 0.6) is 5.75 Å². The van der Waals surface area contributed by atoms with E-state index in [1.807, 2.05) is 0 Å². The number of carbonyl (C=O) groups is 4. The lowest BCUT2D eigenvalue weighted by Gasteiger charge is -2.29. The van der Waals surface area contributed by atoms with Gasteiger partial charge in [-0.2, -0.15) is 0 Å². The second kappa shape index (κ2) is 8.27. The molecule has 0 bridgehead atoms. The molecule has 1 atom stereocenters. The zero-order valence-electron chi connectivity index (χ0n) is 16.3. The number of hydrogen-bond acceptors (Lipinski definition) is 5. The standard InChI is InChI=1S/C21H19ClN4O5/c22-13-2-4-15(17(27)8-13)24-21(31)23-9-11-1-3-14-12(7-11)10-26(20(14)30)16-5-6-18(28)25-19(16)29/h1-4,7-8,16,27H,5-6,9-10H2,(H2,23,24,31)(H,25,28,29). The first kappa shape index (κ1) is 20.7. The van der Waals surface area contributed by atoms with Gasteiger partial charge in [0, 0.05) is 36.2 Å². The molecule has 0 saturated carbocycles. The van der Waals surface area contributed by atoms with Crippen LogP contribution < -0.4 is 16.0 Å². The summed E-state index contributed by atoms with van der Waals surface area (Å²) >= 11 is 5.77. The van der Waals surface area contributed by atoms with Crippen LogP contribution in [0, 0.1) is 0 Å². The summed E-state index contributed by atoms with van der Waals surface area (Å²) in [6.07, 6.45) is 0.501. The number of amides is 5. The van der Waals surface area contributed by atoms with E-state index in [0.29, 0.717) is 17.0 Å². The average Bonchev–Trinajstić information content (AvgIpc) is 3.04. The van der Waals surface area contributed by atoms with Gasteiger partial charge in [-0.3, -0.25) is 19.7 Å². The Morgan fingerprint density at radius 2 is 2.00 bits per heavy atom. The SMILES string of the molecule is O=C1CCC(N2Cc3cc(CNC(=O)Nc4ccc(Cl)cc4O)ccc3C2=O)C(=O)N1. The van der Waals surface area contributed by atoms with Gasteiger partial charge in [0.2, 0.25) is 11.8 Å². The second-order valence-corrected chi connectivity index (χ2v) is 7.80. The molecule has 9 nitrogen and oxygen atoms in total. The summed E-state index contributed by atoms with van der Waals surface area (Å²) in [6.45, 7) is 0.458. The van der Waals surface area contributed by atoms with Gasteiger partial charge in [0.15, 0.2) is 0 Å². The van der Waals surface area contributed by atoms with Crippen molar-refractivity contribution in [1.29, 1.82) is 0 Å². The van der Waals surface area contributed by atoms with E-state index in [1.54, 1.807) is 24.3 Å². The van der Waals surface area contributed by atoms with Crippen molar-refractivity contribution in [3.63, 3.8) is 0 Å². The van der Waals surface area contributed by atoms with Crippen LogP contribution in [-0.2, 0) is 22.7 Å². The predicted octanol–water partition coefficient (Wildman–Crippen LogP) is 2.13. The lowest BCUT2D eigenvalue weighted by atomic mass is 10.0. The number of hydrogen-bond donors (Lipinski definition) is 4. The number of phenols is 1. The molecule has 0 radical (unpaired) electrons. The number of halogens is 1. The number of anilines is 1. The number of piperidine rings is 1. The Labute approximate surface area is 182 Å². The molecular formula is C21H19ClN4O5. The molecule has 2 aliphatic rings. The molecular weight excluding hydrogens is 424 g/mol. The summed E-state index contributed by atoms with van der Waals surface area (Å²) in [5.74, 6) is -1.18. The third-order valence-corrected chi connectivity index (χ3v) is 5.48. The number of rotatable bonds is 4. The molecule has 0 aliphatic carbocycles. The van der Waals surface area contributed by atoms with Gasteiger partial charge in [-0.25, -0.2) is 4.79 Å². The van der Waals surface area contributed by atoms with E-state index >= 15 is 0 Å². The van der Waals surface area contributed by atoms with E-state index in [4.69, 9.17) is 11.6 Å². The van der Waals surface area contributed by atoms with Gasteiger partial charge in [0.25, 0.3) is 5.91 Å². The van der Waals surface area contributed by atoms with Crippen molar-refractivity contribution < 1.29 is 24.3 Å². The maximum Gasteiger partial charge on any atom is 0.319 e. The van der Waals surface area contributed by atoms with Crippen LogP contribution in [0.15, 0.2) is 36.4 Å². The van der Waals surface area contributed by atoms with Crippen molar-refractivity contribution >= 4 is 41.0 Å². The molecule has 2 aromatic carbocycles. The van der Waals surface area contributed by atoms with Crippen molar-refractivity contribution in [2.75, 3.05) is 5.32 Å². The fourth-order valence-electron chi connectivity index (χ4n) is 3.70. The summed E-state index contributed by atoms with van der Waals surface area (Å²) in [6, 6.07) is 8.37. The van der Waals surface area contributed by atoms with Crippen LogP contribution in [-0.4, -0.2) is 39.8 Å². The Kier molecular flexibility index (Phi) is 5.51. The molecule has 4 N–H and O–H groups in total. The van der Waals surface area contributed by atoms with Gasteiger partial charge < -0.3 is 20.6 Å². The first-order chi connectivity index (χ1) is 14.8. The van der Waals surface area contributed by atoms with E-state index in [2.05, 4.69) is 16.0 Å². The highest BCUT2D eigenvalue weighted by molar-refractivity contribution is 6.30. The highest BCUT2D eigenvalue weighted by Gasteiger charge is 2.39. The monoisotopic (exact) mass is 442 g/mol. The normalized spacial score (nSPS) is 17.9. The Morgan fingerprint density at radius 1 is 1.19 bits per heavy atom. The summed E-state index contributed by atoms with van der Waals surface area (Å²) < 4.78 is 0. The first-order valence-corrected chi connectivity index (χ1v) is 9.99. The third kappa shape index (κ3) is 4.31. The van der Waals surface area contributed by atoms with Crippen molar-refractivity contribution in [2.45, 2.75) is 32.0 Å². The van der Waals surface area contributed by atoms with E-state index in [1.165, 1.54) is 17.0 Å². The van der Waals surface area contributed by atoms with Gasteiger partial charge in [0.1, 0.15) is 11.8 Å². The molecule has 31 heavy (non-hydrogen) atoms. The minimum atomic E-state index is -0.669. The highest BCUT2D eigenvalue weighted by atomic mass is 35.5. The number of phenolic OH excluding ortho intramolecular Hbond substituents is 1. The summed E-state index contributed by atoms with van der Waals surface area (Å²) in [4.78, 5) is 49.8. The maximum absolute atomic E-state index is 12.7. The number of imide groups is 1. The van der Waals surface area contributed by atoms with Crippen molar-refractivity contribution in [3.8, 4) is 5.75 Å². The van der Waals surface area contributed by atoms with Gasteiger partial charge in [0.05, 0.1) is 5.69 Å². The topological polar surface area (TPSA) is 128 Å². The Morgan fingerprint density at radius 3 is 2.74 bits per heavy atom. The first-order valence-electron chi connectivity index (χ1n) is 9.61. The fourth-order valence-corrected chi connectivity index (χ4v) is 3.86. The minimum absolute atomic E-state index is 0.146. The predicted molar refractivity (Wildman–Crippen MR) is 111 cm³/mol. The van der Waals surface area contributed by atoms with Gasteiger partial charge in [-0.1, -0.05) is 23.7 Å². The smallest absolute Gasteiger partial charge is 0.319 e. The van der Waals surface area contributed by atoms with Crippen LogP contribution in [0.3, 0.4) is 0 Å². The molecule has 2 heterocycles. The van der Waals surface area contributed by atoms with Gasteiger partial charge >= 0.3 is 6.03 Å². The summed E-state index contributed by atoms with van der Waals surface area (Å²) in [5, 5.41) is 17.7. The van der Waals surface area contributed by atoms with Crippen LogP contribution in [0.1, 0.15) is 34.3 Å². The molecule has 10 heteroatoms. The number of urea groups is 1. The Hall–Kier alpha value is -3.59. The van der Waals surface area contributed by atoms with Gasteiger partial charge in [-0.05, 0) is 35.7 Å². The van der Waals surface area contributed by atoms with Crippen molar-refractivity contribution in [2.24, 2.45) is 0 Å². The average molecular weight is 443 g/mol. The quantitative estimate of drug-likeness (QED) is 0.426. The largest absolute Gasteiger partial charge is 0.506 e.